The Morgan fingerprint density at radius 3 is 2.50 bits per heavy atom. The monoisotopic (exact) mass is 420 g/mol. The molecular weight excluding hydrogens is 395 g/mol. The van der Waals surface area contributed by atoms with Crippen LogP contribution >= 0.6 is 36.4 Å². The van der Waals surface area contributed by atoms with E-state index in [1.807, 2.05) is 42.5 Å². The molecule has 0 saturated carbocycles. The molecule has 0 aliphatic carbocycles. The van der Waals surface area contributed by atoms with Crippen molar-refractivity contribution < 1.29 is 9.84 Å². The number of halogens is 3. The van der Waals surface area contributed by atoms with E-state index < -0.39 is 0 Å². The maximum Gasteiger partial charge on any atom is 0.120 e. The molecule has 0 amide bonds. The third kappa shape index (κ3) is 9.62. The SMILES string of the molecule is CC(O)CNCCNCc1cccc(OCc2ccccc2Cl)c1.Cl.Cl. The predicted octanol–water partition coefficient (Wildman–Crippen LogP) is 3.82. The van der Waals surface area contributed by atoms with Crippen molar-refractivity contribution in [1.29, 1.82) is 0 Å². The Bertz CT molecular complexity index is 627. The van der Waals surface area contributed by atoms with Gasteiger partial charge in [-0.25, -0.2) is 0 Å². The fourth-order valence-electron chi connectivity index (χ4n) is 2.24. The molecule has 7 heteroatoms. The Morgan fingerprint density at radius 2 is 1.77 bits per heavy atom. The minimum Gasteiger partial charge on any atom is -0.489 e. The molecule has 0 radical (unpaired) electrons. The van der Waals surface area contributed by atoms with E-state index in [0.717, 1.165) is 36.0 Å². The Morgan fingerprint density at radius 1 is 1.04 bits per heavy atom. The number of rotatable bonds is 10. The Kier molecular flexibility index (Phi) is 13.6. The second kappa shape index (κ2) is 14.1. The summed E-state index contributed by atoms with van der Waals surface area (Å²) in [6, 6.07) is 15.7. The lowest BCUT2D eigenvalue weighted by atomic mass is 10.2. The van der Waals surface area contributed by atoms with Gasteiger partial charge < -0.3 is 20.5 Å². The molecule has 0 saturated heterocycles. The first kappa shape index (κ1) is 25.0. The molecule has 2 aromatic carbocycles. The zero-order valence-electron chi connectivity index (χ0n) is 14.8. The van der Waals surface area contributed by atoms with Gasteiger partial charge in [-0.15, -0.1) is 24.8 Å². The molecule has 3 N–H and O–H groups in total. The highest BCUT2D eigenvalue weighted by atomic mass is 35.5. The summed E-state index contributed by atoms with van der Waals surface area (Å²) in [5.41, 5.74) is 2.15. The molecular formula is C19H27Cl3N2O2. The topological polar surface area (TPSA) is 53.5 Å². The van der Waals surface area contributed by atoms with E-state index in [2.05, 4.69) is 16.7 Å². The van der Waals surface area contributed by atoms with Gasteiger partial charge in [0.15, 0.2) is 0 Å². The van der Waals surface area contributed by atoms with Crippen LogP contribution in [0.3, 0.4) is 0 Å². The van der Waals surface area contributed by atoms with Gasteiger partial charge in [0.2, 0.25) is 0 Å². The molecule has 0 heterocycles. The van der Waals surface area contributed by atoms with Crippen molar-refractivity contribution in [3.05, 3.63) is 64.7 Å². The molecule has 2 rings (SSSR count). The third-order valence-electron chi connectivity index (χ3n) is 3.50. The lowest BCUT2D eigenvalue weighted by Crippen LogP contribution is -2.31. The van der Waals surface area contributed by atoms with E-state index in [-0.39, 0.29) is 30.9 Å². The highest BCUT2D eigenvalue weighted by Crippen LogP contribution is 2.19. The zero-order chi connectivity index (χ0) is 17.2. The van der Waals surface area contributed by atoms with Gasteiger partial charge in [-0.3, -0.25) is 0 Å². The van der Waals surface area contributed by atoms with Crippen LogP contribution in [0.4, 0.5) is 0 Å². The summed E-state index contributed by atoms with van der Waals surface area (Å²) in [6.45, 7) is 5.30. The highest BCUT2D eigenvalue weighted by Gasteiger charge is 2.02. The molecule has 0 fully saturated rings. The minimum absolute atomic E-state index is 0. The molecule has 146 valence electrons. The Labute approximate surface area is 173 Å². The Hall–Kier alpha value is -1.01. The lowest BCUT2D eigenvalue weighted by Gasteiger charge is -2.10. The zero-order valence-corrected chi connectivity index (χ0v) is 17.2. The van der Waals surface area contributed by atoms with Gasteiger partial charge >= 0.3 is 0 Å². The predicted molar refractivity (Wildman–Crippen MR) is 113 cm³/mol. The van der Waals surface area contributed by atoms with E-state index in [9.17, 15) is 0 Å². The van der Waals surface area contributed by atoms with Crippen molar-refractivity contribution in [3.63, 3.8) is 0 Å². The summed E-state index contributed by atoms with van der Waals surface area (Å²) >= 11 is 6.14. The fraction of sp³-hybridized carbons (Fsp3) is 0.368. The maximum absolute atomic E-state index is 9.16. The van der Waals surface area contributed by atoms with Crippen LogP contribution in [0.1, 0.15) is 18.1 Å². The summed E-state index contributed by atoms with van der Waals surface area (Å²) in [5, 5.41) is 16.4. The summed E-state index contributed by atoms with van der Waals surface area (Å²) in [7, 11) is 0. The van der Waals surface area contributed by atoms with Crippen molar-refractivity contribution in [3.8, 4) is 5.75 Å². The van der Waals surface area contributed by atoms with E-state index in [1.54, 1.807) is 6.92 Å². The van der Waals surface area contributed by atoms with Crippen molar-refractivity contribution >= 4 is 36.4 Å². The van der Waals surface area contributed by atoms with E-state index >= 15 is 0 Å². The molecule has 4 nitrogen and oxygen atoms in total. The van der Waals surface area contributed by atoms with E-state index in [1.165, 1.54) is 5.56 Å². The summed E-state index contributed by atoms with van der Waals surface area (Å²) < 4.78 is 5.83. The van der Waals surface area contributed by atoms with E-state index in [0.29, 0.717) is 13.2 Å². The molecule has 0 spiro atoms. The van der Waals surface area contributed by atoms with Crippen LogP contribution in [-0.4, -0.2) is 30.8 Å². The van der Waals surface area contributed by atoms with Gasteiger partial charge in [-0.2, -0.15) is 0 Å². The largest absolute Gasteiger partial charge is 0.489 e. The smallest absolute Gasteiger partial charge is 0.120 e. The van der Waals surface area contributed by atoms with Crippen molar-refractivity contribution in [2.24, 2.45) is 0 Å². The molecule has 1 unspecified atom stereocenters. The number of hydrogen-bond donors (Lipinski definition) is 3. The first-order valence-corrected chi connectivity index (χ1v) is 8.57. The first-order chi connectivity index (χ1) is 11.6. The number of hydrogen-bond acceptors (Lipinski definition) is 4. The van der Waals surface area contributed by atoms with Gasteiger partial charge in [-0.05, 0) is 30.7 Å². The normalized spacial score (nSPS) is 11.2. The summed E-state index contributed by atoms with van der Waals surface area (Å²) in [4.78, 5) is 0. The van der Waals surface area contributed by atoms with Gasteiger partial charge in [-0.1, -0.05) is 41.9 Å². The quantitative estimate of drug-likeness (QED) is 0.510. The maximum atomic E-state index is 9.16. The minimum atomic E-state index is -0.308. The van der Waals surface area contributed by atoms with Crippen LogP contribution in [0, 0.1) is 0 Å². The Balaban J connectivity index is 0.00000312. The van der Waals surface area contributed by atoms with Crippen LogP contribution in [0.15, 0.2) is 48.5 Å². The number of nitrogens with one attached hydrogen (secondary N) is 2. The number of aliphatic hydroxyl groups is 1. The molecule has 26 heavy (non-hydrogen) atoms. The molecule has 0 aliphatic rings. The van der Waals surface area contributed by atoms with Gasteiger partial charge in [0.1, 0.15) is 12.4 Å². The molecule has 0 bridgehead atoms. The lowest BCUT2D eigenvalue weighted by molar-refractivity contribution is 0.191. The summed E-state index contributed by atoms with van der Waals surface area (Å²) in [6.07, 6.45) is -0.308. The summed E-state index contributed by atoms with van der Waals surface area (Å²) in [5.74, 6) is 0.835. The molecule has 0 aliphatic heterocycles. The average molecular weight is 422 g/mol. The standard InChI is InChI=1S/C19H25ClN2O2.2ClH/c1-15(23)12-21-9-10-22-13-16-5-4-7-18(11-16)24-14-17-6-2-3-8-19(17)20;;/h2-8,11,15,21-23H,9-10,12-14H2,1H3;2*1H. The van der Waals surface area contributed by atoms with Crippen LogP contribution < -0.4 is 15.4 Å². The number of benzene rings is 2. The van der Waals surface area contributed by atoms with Crippen molar-refractivity contribution in [2.75, 3.05) is 19.6 Å². The highest BCUT2D eigenvalue weighted by molar-refractivity contribution is 6.31. The first-order valence-electron chi connectivity index (χ1n) is 8.20. The second-order valence-corrected chi connectivity index (χ2v) is 6.16. The van der Waals surface area contributed by atoms with Crippen molar-refractivity contribution in [1.82, 2.24) is 10.6 Å². The van der Waals surface area contributed by atoms with Gasteiger partial charge in [0.05, 0.1) is 6.10 Å². The molecule has 0 aromatic heterocycles. The molecule has 2 aromatic rings. The van der Waals surface area contributed by atoms with Gasteiger partial charge in [0.25, 0.3) is 0 Å². The van der Waals surface area contributed by atoms with Crippen LogP contribution in [-0.2, 0) is 13.2 Å². The number of ether oxygens (including phenoxy) is 1. The van der Waals surface area contributed by atoms with Gasteiger partial charge in [0, 0.05) is 36.8 Å². The average Bonchev–Trinajstić information content (AvgIpc) is 2.57. The van der Waals surface area contributed by atoms with E-state index in [4.69, 9.17) is 21.4 Å². The van der Waals surface area contributed by atoms with Crippen LogP contribution in [0.2, 0.25) is 5.02 Å². The fourth-order valence-corrected chi connectivity index (χ4v) is 2.43. The van der Waals surface area contributed by atoms with Crippen LogP contribution in [0.25, 0.3) is 0 Å². The second-order valence-electron chi connectivity index (χ2n) is 5.76. The molecule has 1 atom stereocenters. The van der Waals surface area contributed by atoms with Crippen molar-refractivity contribution in [2.45, 2.75) is 26.2 Å². The third-order valence-corrected chi connectivity index (χ3v) is 3.87. The van der Waals surface area contributed by atoms with Crippen LogP contribution in [0.5, 0.6) is 5.75 Å². The number of aliphatic hydroxyl groups excluding tert-OH is 1.